The van der Waals surface area contributed by atoms with Gasteiger partial charge in [-0.05, 0) is 77.0 Å². The second-order valence-electron chi connectivity index (χ2n) is 7.47. The first-order chi connectivity index (χ1) is 10.2. The summed E-state index contributed by atoms with van der Waals surface area (Å²) in [5, 5.41) is 3.81. The molecule has 0 aromatic heterocycles. The van der Waals surface area contributed by atoms with Crippen LogP contribution < -0.4 is 5.32 Å². The van der Waals surface area contributed by atoms with Crippen LogP contribution in [0.3, 0.4) is 0 Å². The van der Waals surface area contributed by atoms with Crippen molar-refractivity contribution in [3.63, 3.8) is 0 Å². The molecule has 3 heteroatoms. The molecule has 0 spiro atoms. The monoisotopic (exact) mass is 295 g/mol. The standard InChI is InChI=1S/C18H37N3/c1-4-10-21-11-5-6-18(15-21)17(3)19-9-14-20-12-7-16(2)8-13-20/h16-19H,4-15H2,1-3H3. The Balaban J connectivity index is 1.61. The predicted octanol–water partition coefficient (Wildman–Crippen LogP) is 2.82. The van der Waals surface area contributed by atoms with Crippen LogP contribution in [0.15, 0.2) is 0 Å². The van der Waals surface area contributed by atoms with E-state index in [2.05, 4.69) is 35.9 Å². The number of likely N-dealkylation sites (tertiary alicyclic amines) is 2. The minimum absolute atomic E-state index is 0.674. The fourth-order valence-electron chi connectivity index (χ4n) is 3.92. The minimum atomic E-state index is 0.674. The summed E-state index contributed by atoms with van der Waals surface area (Å²) >= 11 is 0. The first-order valence-corrected chi connectivity index (χ1v) is 9.37. The zero-order chi connectivity index (χ0) is 15.1. The zero-order valence-electron chi connectivity index (χ0n) is 14.6. The van der Waals surface area contributed by atoms with Gasteiger partial charge in [0, 0.05) is 25.7 Å². The van der Waals surface area contributed by atoms with Gasteiger partial charge < -0.3 is 15.1 Å². The lowest BCUT2D eigenvalue weighted by Gasteiger charge is -2.36. The van der Waals surface area contributed by atoms with Gasteiger partial charge in [-0.1, -0.05) is 13.8 Å². The number of piperidine rings is 2. The van der Waals surface area contributed by atoms with Gasteiger partial charge >= 0.3 is 0 Å². The lowest BCUT2D eigenvalue weighted by atomic mass is 9.91. The van der Waals surface area contributed by atoms with Gasteiger partial charge in [-0.3, -0.25) is 0 Å². The van der Waals surface area contributed by atoms with Crippen molar-refractivity contribution in [2.75, 3.05) is 45.8 Å². The molecule has 2 aliphatic heterocycles. The summed E-state index contributed by atoms with van der Waals surface area (Å²) in [6, 6.07) is 0.674. The predicted molar refractivity (Wildman–Crippen MR) is 91.8 cm³/mol. The number of hydrogen-bond donors (Lipinski definition) is 1. The van der Waals surface area contributed by atoms with Crippen LogP contribution in [0, 0.1) is 11.8 Å². The first kappa shape index (κ1) is 17.2. The Morgan fingerprint density at radius 3 is 2.52 bits per heavy atom. The van der Waals surface area contributed by atoms with Gasteiger partial charge in [0.05, 0.1) is 0 Å². The molecule has 124 valence electrons. The van der Waals surface area contributed by atoms with Crippen LogP contribution in [0.2, 0.25) is 0 Å². The van der Waals surface area contributed by atoms with Gasteiger partial charge in [-0.25, -0.2) is 0 Å². The highest BCUT2D eigenvalue weighted by Gasteiger charge is 2.24. The molecule has 0 aromatic carbocycles. The Morgan fingerprint density at radius 2 is 1.81 bits per heavy atom. The number of rotatable bonds is 7. The first-order valence-electron chi connectivity index (χ1n) is 9.37. The highest BCUT2D eigenvalue weighted by Crippen LogP contribution is 2.20. The molecule has 0 radical (unpaired) electrons. The molecule has 2 unspecified atom stereocenters. The van der Waals surface area contributed by atoms with Crippen LogP contribution in [-0.2, 0) is 0 Å². The van der Waals surface area contributed by atoms with Gasteiger partial charge in [-0.2, -0.15) is 0 Å². The molecule has 2 rings (SSSR count). The van der Waals surface area contributed by atoms with E-state index in [9.17, 15) is 0 Å². The highest BCUT2D eigenvalue weighted by atomic mass is 15.2. The number of nitrogens with zero attached hydrogens (tertiary/aromatic N) is 2. The van der Waals surface area contributed by atoms with E-state index in [0.717, 1.165) is 11.8 Å². The zero-order valence-corrected chi connectivity index (χ0v) is 14.6. The Morgan fingerprint density at radius 1 is 1.05 bits per heavy atom. The summed E-state index contributed by atoms with van der Waals surface area (Å²) in [5.74, 6) is 1.80. The molecule has 0 saturated carbocycles. The van der Waals surface area contributed by atoms with Crippen LogP contribution in [0.4, 0.5) is 0 Å². The van der Waals surface area contributed by atoms with Crippen molar-refractivity contribution >= 4 is 0 Å². The quantitative estimate of drug-likeness (QED) is 0.779. The average molecular weight is 296 g/mol. The van der Waals surface area contributed by atoms with Crippen molar-refractivity contribution in [3.05, 3.63) is 0 Å². The van der Waals surface area contributed by atoms with E-state index in [1.165, 1.54) is 77.9 Å². The largest absolute Gasteiger partial charge is 0.313 e. The summed E-state index contributed by atoms with van der Waals surface area (Å²) < 4.78 is 0. The third-order valence-electron chi connectivity index (χ3n) is 5.56. The maximum absolute atomic E-state index is 3.81. The molecule has 2 atom stereocenters. The van der Waals surface area contributed by atoms with Crippen LogP contribution in [-0.4, -0.2) is 61.7 Å². The molecular weight excluding hydrogens is 258 g/mol. The van der Waals surface area contributed by atoms with Gasteiger partial charge in [0.15, 0.2) is 0 Å². The van der Waals surface area contributed by atoms with E-state index >= 15 is 0 Å². The third-order valence-corrected chi connectivity index (χ3v) is 5.56. The average Bonchev–Trinajstić information content (AvgIpc) is 2.50. The molecule has 0 aliphatic carbocycles. The molecule has 0 amide bonds. The molecule has 0 aromatic rings. The molecule has 1 N–H and O–H groups in total. The Kier molecular flexibility index (Phi) is 7.48. The van der Waals surface area contributed by atoms with Crippen molar-refractivity contribution in [1.29, 1.82) is 0 Å². The smallest absolute Gasteiger partial charge is 0.0107 e. The maximum atomic E-state index is 3.81. The molecule has 2 aliphatic rings. The summed E-state index contributed by atoms with van der Waals surface area (Å²) in [6.07, 6.45) is 6.88. The number of nitrogens with one attached hydrogen (secondary N) is 1. The van der Waals surface area contributed by atoms with E-state index in [-0.39, 0.29) is 0 Å². The molecule has 2 heterocycles. The summed E-state index contributed by atoms with van der Waals surface area (Å²) in [4.78, 5) is 5.31. The molecule has 3 nitrogen and oxygen atoms in total. The van der Waals surface area contributed by atoms with Crippen molar-refractivity contribution in [2.24, 2.45) is 11.8 Å². The Labute approximate surface area is 132 Å². The van der Waals surface area contributed by atoms with E-state index in [1.54, 1.807) is 0 Å². The Hall–Kier alpha value is -0.120. The number of hydrogen-bond acceptors (Lipinski definition) is 3. The van der Waals surface area contributed by atoms with E-state index < -0.39 is 0 Å². The molecule has 0 bridgehead atoms. The molecule has 2 fully saturated rings. The maximum Gasteiger partial charge on any atom is 0.0107 e. The molecular formula is C18H37N3. The molecule has 2 saturated heterocycles. The van der Waals surface area contributed by atoms with Gasteiger partial charge in [0.1, 0.15) is 0 Å². The topological polar surface area (TPSA) is 18.5 Å². The lowest BCUT2D eigenvalue weighted by molar-refractivity contribution is 0.146. The highest BCUT2D eigenvalue weighted by molar-refractivity contribution is 4.81. The fourth-order valence-corrected chi connectivity index (χ4v) is 3.92. The summed E-state index contributed by atoms with van der Waals surface area (Å²) in [5.41, 5.74) is 0. The Bertz CT molecular complexity index is 272. The normalized spacial score (nSPS) is 27.9. The van der Waals surface area contributed by atoms with Gasteiger partial charge in [0.2, 0.25) is 0 Å². The second-order valence-corrected chi connectivity index (χ2v) is 7.47. The second kappa shape index (κ2) is 9.12. The minimum Gasteiger partial charge on any atom is -0.313 e. The van der Waals surface area contributed by atoms with Gasteiger partial charge in [-0.15, -0.1) is 0 Å². The van der Waals surface area contributed by atoms with Crippen molar-refractivity contribution < 1.29 is 0 Å². The van der Waals surface area contributed by atoms with E-state index in [4.69, 9.17) is 0 Å². The van der Waals surface area contributed by atoms with Crippen molar-refractivity contribution in [2.45, 2.75) is 58.9 Å². The van der Waals surface area contributed by atoms with Crippen LogP contribution in [0.25, 0.3) is 0 Å². The van der Waals surface area contributed by atoms with Gasteiger partial charge in [0.25, 0.3) is 0 Å². The van der Waals surface area contributed by atoms with E-state index in [0.29, 0.717) is 6.04 Å². The van der Waals surface area contributed by atoms with Crippen molar-refractivity contribution in [1.82, 2.24) is 15.1 Å². The van der Waals surface area contributed by atoms with Crippen LogP contribution in [0.5, 0.6) is 0 Å². The van der Waals surface area contributed by atoms with Crippen molar-refractivity contribution in [3.8, 4) is 0 Å². The summed E-state index contributed by atoms with van der Waals surface area (Å²) in [6.45, 7) is 16.0. The lowest BCUT2D eigenvalue weighted by Crippen LogP contribution is -2.46. The molecule has 21 heavy (non-hydrogen) atoms. The van der Waals surface area contributed by atoms with E-state index in [1.807, 2.05) is 0 Å². The third kappa shape index (κ3) is 5.88. The van der Waals surface area contributed by atoms with Crippen LogP contribution >= 0.6 is 0 Å². The summed E-state index contributed by atoms with van der Waals surface area (Å²) in [7, 11) is 0. The van der Waals surface area contributed by atoms with Crippen LogP contribution in [0.1, 0.15) is 52.9 Å². The SMILES string of the molecule is CCCN1CCCC(C(C)NCCN2CCC(C)CC2)C1. The fraction of sp³-hybridized carbons (Fsp3) is 1.00.